The van der Waals surface area contributed by atoms with Gasteiger partial charge in [-0.2, -0.15) is 0 Å². The molecule has 0 fully saturated rings. The van der Waals surface area contributed by atoms with Crippen molar-refractivity contribution in [1.82, 2.24) is 0 Å². The zero-order chi connectivity index (χ0) is 9.45. The number of rotatable bonds is 7. The second-order valence-corrected chi connectivity index (χ2v) is 4.28. The third-order valence-electron chi connectivity index (χ3n) is 3.12. The van der Waals surface area contributed by atoms with Crippen LogP contribution in [0.4, 0.5) is 0 Å². The Labute approximate surface area is 80.4 Å². The summed E-state index contributed by atoms with van der Waals surface area (Å²) in [6.45, 7) is 7.88. The quantitative estimate of drug-likeness (QED) is 0.557. The smallest absolute Gasteiger partial charge is 0.145 e. The zero-order valence-corrected chi connectivity index (χ0v) is 11.2. The molecule has 2 heteroatoms. The fraction of sp³-hybridized carbons (Fsp3) is 1.00. The van der Waals surface area contributed by atoms with Gasteiger partial charge in [-0.3, -0.25) is 0 Å². The van der Waals surface area contributed by atoms with Gasteiger partial charge in [-0.1, -0.05) is 40.0 Å². The molecule has 0 rings (SSSR count). The number of hydrogen-bond donors (Lipinski definition) is 0. The van der Waals surface area contributed by atoms with E-state index in [1.165, 1.54) is 32.1 Å². The van der Waals surface area contributed by atoms with Gasteiger partial charge in [0.15, 0.2) is 0 Å². The second kappa shape index (κ2) is 6.67. The van der Waals surface area contributed by atoms with Crippen LogP contribution in [0.5, 0.6) is 0 Å². The van der Waals surface area contributed by atoms with Crippen molar-refractivity contribution < 1.29 is 4.43 Å². The van der Waals surface area contributed by atoms with Crippen LogP contribution >= 0.6 is 0 Å². The number of hydrogen-bond acceptors (Lipinski definition) is 1. The lowest BCUT2D eigenvalue weighted by molar-refractivity contribution is 0.171. The molecule has 0 heterocycles. The first kappa shape index (κ1) is 12.2. The molecule has 0 amide bonds. The highest BCUT2D eigenvalue weighted by molar-refractivity contribution is 5.97. The van der Waals surface area contributed by atoms with E-state index in [-0.39, 0.29) is 0 Å². The molecular formula is C10H24OSi. The zero-order valence-electron chi connectivity index (χ0n) is 9.15. The van der Waals surface area contributed by atoms with Crippen LogP contribution in [0, 0.1) is 5.41 Å². The molecule has 0 saturated carbocycles. The third-order valence-corrected chi connectivity index (χ3v) is 3.53. The van der Waals surface area contributed by atoms with Crippen LogP contribution in [0.15, 0.2) is 0 Å². The molecule has 0 aromatic rings. The molecule has 0 aliphatic carbocycles. The van der Waals surface area contributed by atoms with Gasteiger partial charge >= 0.3 is 0 Å². The Hall–Kier alpha value is 0.177. The summed E-state index contributed by atoms with van der Waals surface area (Å²) in [5, 5.41) is 0. The van der Waals surface area contributed by atoms with Gasteiger partial charge in [0.05, 0.1) is 0 Å². The topological polar surface area (TPSA) is 9.23 Å². The van der Waals surface area contributed by atoms with Gasteiger partial charge in [-0.05, 0) is 18.3 Å². The van der Waals surface area contributed by atoms with E-state index in [9.17, 15) is 0 Å². The lowest BCUT2D eigenvalue weighted by Gasteiger charge is -2.31. The van der Waals surface area contributed by atoms with E-state index in [0.717, 1.165) is 17.1 Å². The maximum atomic E-state index is 5.29. The highest BCUT2D eigenvalue weighted by Gasteiger charge is 2.23. The minimum atomic E-state index is 0.582. The Morgan fingerprint density at radius 1 is 1.08 bits per heavy atom. The van der Waals surface area contributed by atoms with Gasteiger partial charge in [-0.15, -0.1) is 0 Å². The fourth-order valence-corrected chi connectivity index (χ4v) is 2.14. The van der Waals surface area contributed by atoms with E-state index in [1.807, 2.05) is 0 Å². The summed E-state index contributed by atoms with van der Waals surface area (Å²) in [7, 11) is 0.892. The Balaban J connectivity index is 3.95. The maximum Gasteiger partial charge on any atom is 0.145 e. The van der Waals surface area contributed by atoms with Gasteiger partial charge in [-0.25, -0.2) is 0 Å². The largest absolute Gasteiger partial charge is 0.428 e. The van der Waals surface area contributed by atoms with Gasteiger partial charge in [0.1, 0.15) is 10.5 Å². The first-order valence-corrected chi connectivity index (χ1v) is 6.05. The molecule has 1 nitrogen and oxygen atoms in total. The summed E-state index contributed by atoms with van der Waals surface area (Å²) < 4.78 is 5.29. The monoisotopic (exact) mass is 188 g/mol. The molecule has 12 heavy (non-hydrogen) atoms. The van der Waals surface area contributed by atoms with Crippen LogP contribution in [0.2, 0.25) is 0 Å². The van der Waals surface area contributed by atoms with E-state index in [4.69, 9.17) is 4.43 Å². The summed E-state index contributed by atoms with van der Waals surface area (Å²) in [6, 6.07) is 0. The van der Waals surface area contributed by atoms with Crippen LogP contribution in [-0.2, 0) is 4.43 Å². The second-order valence-electron chi connectivity index (χ2n) is 3.70. The Morgan fingerprint density at radius 3 is 2.00 bits per heavy atom. The molecule has 0 N–H and O–H groups in total. The van der Waals surface area contributed by atoms with Crippen molar-refractivity contribution in [3.8, 4) is 0 Å². The highest BCUT2D eigenvalue weighted by Crippen LogP contribution is 2.35. The van der Waals surface area contributed by atoms with E-state index >= 15 is 0 Å². The molecule has 0 aliphatic rings. The predicted octanol–water partition coefficient (Wildman–Crippen LogP) is 2.28. The molecule has 0 aromatic carbocycles. The Morgan fingerprint density at radius 2 is 1.67 bits per heavy atom. The normalized spacial score (nSPS) is 12.2. The lowest BCUT2D eigenvalue weighted by atomic mass is 9.76. The molecule has 0 spiro atoms. The Kier molecular flexibility index (Phi) is 6.77. The van der Waals surface area contributed by atoms with Crippen LogP contribution in [0.3, 0.4) is 0 Å². The SMILES string of the molecule is CCCC(CC)(CC)CCO[SiH3]. The van der Waals surface area contributed by atoms with E-state index in [2.05, 4.69) is 20.8 Å². The van der Waals surface area contributed by atoms with Crippen molar-refractivity contribution in [1.29, 1.82) is 0 Å². The summed E-state index contributed by atoms with van der Waals surface area (Å²) in [5.41, 5.74) is 0.582. The van der Waals surface area contributed by atoms with Gasteiger partial charge in [0, 0.05) is 6.61 Å². The first-order chi connectivity index (χ1) is 5.74. The minimum absolute atomic E-state index is 0.582. The van der Waals surface area contributed by atoms with Crippen molar-refractivity contribution in [2.45, 2.75) is 52.9 Å². The first-order valence-electron chi connectivity index (χ1n) is 5.23. The van der Waals surface area contributed by atoms with Gasteiger partial charge in [0.25, 0.3) is 0 Å². The highest BCUT2D eigenvalue weighted by atomic mass is 28.2. The van der Waals surface area contributed by atoms with Crippen molar-refractivity contribution in [3.05, 3.63) is 0 Å². The lowest BCUT2D eigenvalue weighted by Crippen LogP contribution is -2.20. The summed E-state index contributed by atoms with van der Waals surface area (Å²) >= 11 is 0. The Bertz CT molecular complexity index is 100. The molecule has 0 aliphatic heterocycles. The minimum Gasteiger partial charge on any atom is -0.428 e. The molecular weight excluding hydrogens is 164 g/mol. The van der Waals surface area contributed by atoms with Crippen molar-refractivity contribution in [2.75, 3.05) is 6.61 Å². The van der Waals surface area contributed by atoms with Crippen molar-refractivity contribution in [2.24, 2.45) is 5.41 Å². The maximum absolute atomic E-state index is 5.29. The average molecular weight is 188 g/mol. The van der Waals surface area contributed by atoms with Crippen molar-refractivity contribution >= 4 is 10.5 Å². The summed E-state index contributed by atoms with van der Waals surface area (Å²) in [6.07, 6.45) is 6.55. The van der Waals surface area contributed by atoms with Crippen LogP contribution < -0.4 is 0 Å². The van der Waals surface area contributed by atoms with E-state index in [0.29, 0.717) is 5.41 Å². The van der Waals surface area contributed by atoms with Crippen LogP contribution in [0.25, 0.3) is 0 Å². The fourth-order valence-electron chi connectivity index (χ4n) is 1.93. The van der Waals surface area contributed by atoms with E-state index < -0.39 is 0 Å². The van der Waals surface area contributed by atoms with Crippen LogP contribution in [-0.4, -0.2) is 17.1 Å². The van der Waals surface area contributed by atoms with Gasteiger partial charge in [0.2, 0.25) is 0 Å². The van der Waals surface area contributed by atoms with Gasteiger partial charge < -0.3 is 4.43 Å². The standard InChI is InChI=1S/C10H24OSi/c1-4-7-10(5-2,6-3)8-9-11-12/h4-9H2,1-3,12H3. The van der Waals surface area contributed by atoms with Crippen LogP contribution in [0.1, 0.15) is 52.9 Å². The summed E-state index contributed by atoms with van der Waals surface area (Å²) in [5.74, 6) is 0. The average Bonchev–Trinajstić information content (AvgIpc) is 2.13. The predicted molar refractivity (Wildman–Crippen MR) is 58.4 cm³/mol. The molecule has 0 saturated heterocycles. The molecule has 0 aromatic heterocycles. The molecule has 0 bridgehead atoms. The molecule has 74 valence electrons. The third kappa shape index (κ3) is 3.72. The van der Waals surface area contributed by atoms with Crippen molar-refractivity contribution in [3.63, 3.8) is 0 Å². The molecule has 0 unspecified atom stereocenters. The van der Waals surface area contributed by atoms with E-state index in [1.54, 1.807) is 0 Å². The molecule has 0 radical (unpaired) electrons. The molecule has 0 atom stereocenters. The summed E-state index contributed by atoms with van der Waals surface area (Å²) in [4.78, 5) is 0.